The highest BCUT2D eigenvalue weighted by Gasteiger charge is 2.30. The third-order valence-corrected chi connectivity index (χ3v) is 4.61. The highest BCUT2D eigenvalue weighted by molar-refractivity contribution is 7.89. The lowest BCUT2D eigenvalue weighted by Gasteiger charge is -2.11. The summed E-state index contributed by atoms with van der Waals surface area (Å²) < 4.78 is 68.3. The molecule has 0 aliphatic carbocycles. The minimum absolute atomic E-state index is 0.0737. The van der Waals surface area contributed by atoms with E-state index in [9.17, 15) is 26.7 Å². The van der Waals surface area contributed by atoms with Gasteiger partial charge in [-0.2, -0.15) is 13.2 Å². The van der Waals surface area contributed by atoms with E-state index in [2.05, 4.69) is 4.72 Å². The molecule has 5 nitrogen and oxygen atoms in total. The van der Waals surface area contributed by atoms with Gasteiger partial charge in [0, 0.05) is 12.1 Å². The van der Waals surface area contributed by atoms with Crippen molar-refractivity contribution < 1.29 is 31.1 Å². The minimum atomic E-state index is -4.52. The third-order valence-electron chi connectivity index (χ3n) is 3.13. The van der Waals surface area contributed by atoms with Crippen molar-refractivity contribution in [1.29, 1.82) is 0 Å². The standard InChI is InChI=1S/C14H14F3NO4S/c15-14(16,17)11-1-3-12(4-2-11)23(20,21)18-7-5-13(19)10-6-8-22-9-10/h1-4,6,8-9,13,18-19H,5,7H2. The van der Waals surface area contributed by atoms with E-state index in [1.165, 1.54) is 12.5 Å². The highest BCUT2D eigenvalue weighted by Crippen LogP contribution is 2.29. The van der Waals surface area contributed by atoms with Gasteiger partial charge in [0.2, 0.25) is 10.0 Å². The number of nitrogens with one attached hydrogen (secondary N) is 1. The van der Waals surface area contributed by atoms with E-state index in [1.54, 1.807) is 6.07 Å². The maximum absolute atomic E-state index is 12.4. The molecule has 2 rings (SSSR count). The van der Waals surface area contributed by atoms with Crippen molar-refractivity contribution in [2.75, 3.05) is 6.54 Å². The maximum Gasteiger partial charge on any atom is 0.416 e. The van der Waals surface area contributed by atoms with Gasteiger partial charge in [0.15, 0.2) is 0 Å². The molecule has 126 valence electrons. The molecule has 0 aliphatic rings. The van der Waals surface area contributed by atoms with Gasteiger partial charge in [0.05, 0.1) is 29.1 Å². The first-order valence-electron chi connectivity index (χ1n) is 6.57. The van der Waals surface area contributed by atoms with Gasteiger partial charge >= 0.3 is 6.18 Å². The molecule has 0 radical (unpaired) electrons. The van der Waals surface area contributed by atoms with E-state index in [-0.39, 0.29) is 17.9 Å². The van der Waals surface area contributed by atoms with Gasteiger partial charge in [-0.25, -0.2) is 13.1 Å². The van der Waals surface area contributed by atoms with Crippen LogP contribution in [0, 0.1) is 0 Å². The zero-order valence-electron chi connectivity index (χ0n) is 11.7. The Bertz CT molecular complexity index is 724. The number of alkyl halides is 3. The number of sulfonamides is 1. The third kappa shape index (κ3) is 4.57. The summed E-state index contributed by atoms with van der Waals surface area (Å²) in [4.78, 5) is -0.275. The topological polar surface area (TPSA) is 79.5 Å². The van der Waals surface area contributed by atoms with Crippen LogP contribution in [-0.2, 0) is 16.2 Å². The predicted octanol–water partition coefficient (Wildman–Crippen LogP) is 2.70. The van der Waals surface area contributed by atoms with Crippen LogP contribution in [-0.4, -0.2) is 20.1 Å². The fourth-order valence-electron chi connectivity index (χ4n) is 1.87. The Balaban J connectivity index is 1.96. The summed E-state index contributed by atoms with van der Waals surface area (Å²) in [7, 11) is -3.94. The first kappa shape index (κ1) is 17.5. The molecule has 2 N–H and O–H groups in total. The fraction of sp³-hybridized carbons (Fsp3) is 0.286. The molecule has 0 saturated carbocycles. The number of hydrogen-bond acceptors (Lipinski definition) is 4. The first-order chi connectivity index (χ1) is 10.7. The molecular weight excluding hydrogens is 335 g/mol. The van der Waals surface area contributed by atoms with Crippen LogP contribution in [0.5, 0.6) is 0 Å². The van der Waals surface area contributed by atoms with Gasteiger partial charge in [0.25, 0.3) is 0 Å². The Morgan fingerprint density at radius 3 is 2.35 bits per heavy atom. The number of rotatable bonds is 6. The normalized spacial score (nSPS) is 13.9. The van der Waals surface area contributed by atoms with E-state index >= 15 is 0 Å². The summed E-state index contributed by atoms with van der Waals surface area (Å²) in [5.74, 6) is 0. The van der Waals surface area contributed by atoms with Crippen molar-refractivity contribution in [3.63, 3.8) is 0 Å². The summed E-state index contributed by atoms with van der Waals surface area (Å²) in [6.45, 7) is -0.0737. The lowest BCUT2D eigenvalue weighted by atomic mass is 10.1. The zero-order valence-corrected chi connectivity index (χ0v) is 12.6. The predicted molar refractivity (Wildman–Crippen MR) is 74.9 cm³/mol. The van der Waals surface area contributed by atoms with Crippen LogP contribution in [0.15, 0.2) is 52.2 Å². The molecule has 0 saturated heterocycles. The van der Waals surface area contributed by atoms with Gasteiger partial charge in [0.1, 0.15) is 0 Å². The van der Waals surface area contributed by atoms with Gasteiger partial charge in [-0.15, -0.1) is 0 Å². The van der Waals surface area contributed by atoms with Gasteiger partial charge in [-0.05, 0) is 36.8 Å². The molecule has 0 amide bonds. The zero-order chi connectivity index (χ0) is 17.1. The molecule has 1 atom stereocenters. The molecular formula is C14H14F3NO4S. The van der Waals surface area contributed by atoms with E-state index in [0.29, 0.717) is 17.7 Å². The fourth-order valence-corrected chi connectivity index (χ4v) is 2.92. The summed E-state index contributed by atoms with van der Waals surface area (Å²) >= 11 is 0. The molecule has 9 heteroatoms. The molecule has 0 aliphatic heterocycles. The monoisotopic (exact) mass is 349 g/mol. The van der Waals surface area contributed by atoms with Gasteiger partial charge < -0.3 is 9.52 Å². The van der Waals surface area contributed by atoms with Crippen LogP contribution >= 0.6 is 0 Å². The van der Waals surface area contributed by atoms with Crippen molar-refractivity contribution in [2.24, 2.45) is 0 Å². The lowest BCUT2D eigenvalue weighted by molar-refractivity contribution is -0.137. The molecule has 0 fully saturated rings. The number of benzene rings is 1. The smallest absolute Gasteiger partial charge is 0.416 e. The number of hydrogen-bond donors (Lipinski definition) is 2. The number of halogens is 3. The van der Waals surface area contributed by atoms with Crippen molar-refractivity contribution in [2.45, 2.75) is 23.6 Å². The molecule has 0 spiro atoms. The number of aliphatic hydroxyl groups is 1. The van der Waals surface area contributed by atoms with E-state index in [1.807, 2.05) is 0 Å². The van der Waals surface area contributed by atoms with Crippen LogP contribution in [0.2, 0.25) is 0 Å². The van der Waals surface area contributed by atoms with Gasteiger partial charge in [-0.1, -0.05) is 0 Å². The van der Waals surface area contributed by atoms with Crippen molar-refractivity contribution in [3.8, 4) is 0 Å². The molecule has 0 bridgehead atoms. The summed E-state index contributed by atoms with van der Waals surface area (Å²) in [6, 6.07) is 4.73. The van der Waals surface area contributed by atoms with Crippen LogP contribution in [0.25, 0.3) is 0 Å². The second-order valence-corrected chi connectivity index (χ2v) is 6.55. The molecule has 1 heterocycles. The second kappa shape index (κ2) is 6.73. The largest absolute Gasteiger partial charge is 0.472 e. The Hall–Kier alpha value is -1.84. The van der Waals surface area contributed by atoms with Crippen LogP contribution in [0.3, 0.4) is 0 Å². The summed E-state index contributed by atoms with van der Waals surface area (Å²) in [5.41, 5.74) is -0.412. The molecule has 2 aromatic rings. The molecule has 1 aromatic heterocycles. The quantitative estimate of drug-likeness (QED) is 0.840. The number of aliphatic hydroxyl groups excluding tert-OH is 1. The first-order valence-corrected chi connectivity index (χ1v) is 8.05. The maximum atomic E-state index is 12.4. The second-order valence-electron chi connectivity index (χ2n) is 4.78. The Morgan fingerprint density at radius 1 is 1.17 bits per heavy atom. The van der Waals surface area contributed by atoms with Crippen molar-refractivity contribution >= 4 is 10.0 Å². The SMILES string of the molecule is O=S(=O)(NCCC(O)c1ccoc1)c1ccc(C(F)(F)F)cc1. The Kier molecular flexibility index (Phi) is 5.12. The van der Waals surface area contributed by atoms with E-state index in [4.69, 9.17) is 4.42 Å². The van der Waals surface area contributed by atoms with E-state index < -0.39 is 27.9 Å². The van der Waals surface area contributed by atoms with Crippen LogP contribution in [0.4, 0.5) is 13.2 Å². The van der Waals surface area contributed by atoms with Crippen LogP contribution in [0.1, 0.15) is 23.7 Å². The number of furan rings is 1. The summed E-state index contributed by atoms with van der Waals surface area (Å²) in [5, 5.41) is 9.78. The van der Waals surface area contributed by atoms with Gasteiger partial charge in [-0.3, -0.25) is 0 Å². The Morgan fingerprint density at radius 2 is 1.83 bits per heavy atom. The van der Waals surface area contributed by atoms with Crippen LogP contribution < -0.4 is 4.72 Å². The van der Waals surface area contributed by atoms with Crippen molar-refractivity contribution in [3.05, 3.63) is 54.0 Å². The molecule has 1 aromatic carbocycles. The highest BCUT2D eigenvalue weighted by atomic mass is 32.2. The lowest BCUT2D eigenvalue weighted by Crippen LogP contribution is -2.26. The average Bonchev–Trinajstić information content (AvgIpc) is 3.00. The van der Waals surface area contributed by atoms with E-state index in [0.717, 1.165) is 12.1 Å². The summed E-state index contributed by atoms with van der Waals surface area (Å²) in [6.07, 6.45) is -2.60. The van der Waals surface area contributed by atoms with Crippen molar-refractivity contribution in [1.82, 2.24) is 4.72 Å². The average molecular weight is 349 g/mol. The Labute approximate surface area is 130 Å². The minimum Gasteiger partial charge on any atom is -0.472 e. The molecule has 23 heavy (non-hydrogen) atoms. The molecule has 1 unspecified atom stereocenters.